The molecule has 4 nitrogen and oxygen atoms in total. The Kier molecular flexibility index (Phi) is 5.64. The van der Waals surface area contributed by atoms with E-state index >= 15 is 0 Å². The maximum Gasteiger partial charge on any atom is 0.416 e. The lowest BCUT2D eigenvalue weighted by atomic mass is 10.0. The Morgan fingerprint density at radius 2 is 1.83 bits per heavy atom. The average molecular weight is 340 g/mol. The molecule has 0 fully saturated rings. The van der Waals surface area contributed by atoms with E-state index in [1.807, 2.05) is 6.92 Å². The van der Waals surface area contributed by atoms with Gasteiger partial charge in [-0.3, -0.25) is 4.68 Å². The van der Waals surface area contributed by atoms with Crippen LogP contribution in [0, 0.1) is 0 Å². The lowest BCUT2D eigenvalue weighted by Gasteiger charge is -2.09. The van der Waals surface area contributed by atoms with Gasteiger partial charge in [-0.1, -0.05) is 12.1 Å². The van der Waals surface area contributed by atoms with Gasteiger partial charge in [0.05, 0.1) is 24.1 Å². The summed E-state index contributed by atoms with van der Waals surface area (Å²) >= 11 is 0. The largest absolute Gasteiger partial charge is 0.462 e. The van der Waals surface area contributed by atoms with Gasteiger partial charge in [0.1, 0.15) is 5.56 Å². The molecule has 130 valence electrons. The average Bonchev–Trinajstić information content (AvgIpc) is 2.95. The summed E-state index contributed by atoms with van der Waals surface area (Å²) in [5, 5.41) is 4.16. The Hall–Kier alpha value is -2.31. The summed E-state index contributed by atoms with van der Waals surface area (Å²) in [5.41, 5.74) is 1.24. The number of benzene rings is 1. The van der Waals surface area contributed by atoms with E-state index in [9.17, 15) is 18.0 Å². The molecule has 0 aliphatic heterocycles. The Bertz CT molecular complexity index is 691. The van der Waals surface area contributed by atoms with E-state index in [1.54, 1.807) is 11.6 Å². The van der Waals surface area contributed by atoms with Gasteiger partial charge >= 0.3 is 12.1 Å². The van der Waals surface area contributed by atoms with Crippen LogP contribution in [0.1, 0.15) is 41.0 Å². The van der Waals surface area contributed by atoms with E-state index in [0.29, 0.717) is 24.9 Å². The zero-order chi connectivity index (χ0) is 17.7. The van der Waals surface area contributed by atoms with Crippen molar-refractivity contribution in [3.8, 4) is 0 Å². The topological polar surface area (TPSA) is 44.1 Å². The molecular formula is C17H19F3N2O2. The van der Waals surface area contributed by atoms with Crippen LogP contribution in [0.2, 0.25) is 0 Å². The number of carbonyl (C=O) groups excluding carboxylic acids is 1. The molecule has 0 atom stereocenters. The minimum absolute atomic E-state index is 0.272. The number of nitrogens with zero attached hydrogens (tertiary/aromatic N) is 2. The van der Waals surface area contributed by atoms with Crippen LogP contribution in [0.25, 0.3) is 0 Å². The van der Waals surface area contributed by atoms with Gasteiger partial charge in [-0.2, -0.15) is 18.3 Å². The Morgan fingerprint density at radius 3 is 2.38 bits per heavy atom. The SMILES string of the molecule is CCOC(=O)c1cnn(CC)c1CCc1ccc(C(F)(F)F)cc1. The Balaban J connectivity index is 2.14. The number of hydrogen-bond acceptors (Lipinski definition) is 3. The number of alkyl halides is 3. The molecule has 1 aromatic heterocycles. The van der Waals surface area contributed by atoms with E-state index in [2.05, 4.69) is 5.10 Å². The second-order valence-electron chi connectivity index (χ2n) is 5.24. The molecule has 2 aromatic rings. The van der Waals surface area contributed by atoms with Crippen molar-refractivity contribution in [2.45, 2.75) is 39.4 Å². The zero-order valence-electron chi connectivity index (χ0n) is 13.6. The first-order valence-corrected chi connectivity index (χ1v) is 7.74. The number of carbonyl (C=O) groups is 1. The van der Waals surface area contributed by atoms with Gasteiger partial charge in [0.2, 0.25) is 0 Å². The summed E-state index contributed by atoms with van der Waals surface area (Å²) in [6.07, 6.45) is -1.86. The standard InChI is InChI=1S/C17H19F3N2O2/c1-3-22-15(14(11-21-22)16(23)24-4-2)10-7-12-5-8-13(9-6-12)17(18,19)20/h5-6,8-9,11H,3-4,7,10H2,1-2H3. The summed E-state index contributed by atoms with van der Waals surface area (Å²) < 4.78 is 44.5. The summed E-state index contributed by atoms with van der Waals surface area (Å²) in [7, 11) is 0. The fourth-order valence-electron chi connectivity index (χ4n) is 2.45. The van der Waals surface area contributed by atoms with Crippen molar-refractivity contribution in [2.75, 3.05) is 6.61 Å². The molecule has 0 aliphatic rings. The Morgan fingerprint density at radius 1 is 1.17 bits per heavy atom. The highest BCUT2D eigenvalue weighted by Gasteiger charge is 2.29. The van der Waals surface area contributed by atoms with Gasteiger partial charge in [-0.15, -0.1) is 0 Å². The molecule has 0 radical (unpaired) electrons. The highest BCUT2D eigenvalue weighted by Crippen LogP contribution is 2.29. The molecule has 0 N–H and O–H groups in total. The van der Waals surface area contributed by atoms with E-state index in [1.165, 1.54) is 18.3 Å². The van der Waals surface area contributed by atoms with Crippen LogP contribution in [-0.2, 0) is 30.3 Å². The highest BCUT2D eigenvalue weighted by atomic mass is 19.4. The molecule has 0 amide bonds. The summed E-state index contributed by atoms with van der Waals surface area (Å²) in [6, 6.07) is 5.05. The number of hydrogen-bond donors (Lipinski definition) is 0. The van der Waals surface area contributed by atoms with Crippen molar-refractivity contribution in [3.05, 3.63) is 52.8 Å². The van der Waals surface area contributed by atoms with Crippen LogP contribution in [0.4, 0.5) is 13.2 Å². The van der Waals surface area contributed by atoms with Gasteiger partial charge in [-0.05, 0) is 44.4 Å². The smallest absolute Gasteiger partial charge is 0.416 e. The first-order chi connectivity index (χ1) is 11.4. The van der Waals surface area contributed by atoms with Crippen LogP contribution < -0.4 is 0 Å². The predicted molar refractivity (Wildman–Crippen MR) is 82.7 cm³/mol. The van der Waals surface area contributed by atoms with Gasteiger partial charge in [0.15, 0.2) is 0 Å². The molecule has 7 heteroatoms. The lowest BCUT2D eigenvalue weighted by molar-refractivity contribution is -0.137. The number of aromatic nitrogens is 2. The van der Waals surface area contributed by atoms with Crippen LogP contribution >= 0.6 is 0 Å². The Labute approximate surface area is 138 Å². The number of rotatable bonds is 6. The molecule has 2 rings (SSSR count). The first kappa shape index (κ1) is 18.0. The fourth-order valence-corrected chi connectivity index (χ4v) is 2.45. The minimum atomic E-state index is -4.34. The van der Waals surface area contributed by atoms with Crippen molar-refractivity contribution >= 4 is 5.97 Å². The summed E-state index contributed by atoms with van der Waals surface area (Å²) in [4.78, 5) is 12.0. The molecule has 0 saturated carbocycles. The first-order valence-electron chi connectivity index (χ1n) is 7.74. The van der Waals surface area contributed by atoms with Crippen LogP contribution in [-0.4, -0.2) is 22.4 Å². The third-order valence-electron chi connectivity index (χ3n) is 3.68. The lowest BCUT2D eigenvalue weighted by Crippen LogP contribution is -2.11. The van der Waals surface area contributed by atoms with Gasteiger partial charge in [0.25, 0.3) is 0 Å². The number of esters is 1. The van der Waals surface area contributed by atoms with E-state index in [0.717, 1.165) is 23.4 Å². The monoisotopic (exact) mass is 340 g/mol. The molecule has 0 bridgehead atoms. The van der Waals surface area contributed by atoms with Crippen LogP contribution in [0.3, 0.4) is 0 Å². The number of ether oxygens (including phenoxy) is 1. The van der Waals surface area contributed by atoms with Crippen molar-refractivity contribution in [3.63, 3.8) is 0 Å². The molecular weight excluding hydrogens is 321 g/mol. The van der Waals surface area contributed by atoms with Gasteiger partial charge in [-0.25, -0.2) is 4.79 Å². The van der Waals surface area contributed by atoms with Crippen molar-refractivity contribution in [1.82, 2.24) is 9.78 Å². The molecule has 0 aliphatic carbocycles. The maximum absolute atomic E-state index is 12.6. The van der Waals surface area contributed by atoms with Gasteiger partial charge in [0, 0.05) is 6.54 Å². The number of halogens is 3. The van der Waals surface area contributed by atoms with E-state index < -0.39 is 17.7 Å². The molecule has 24 heavy (non-hydrogen) atoms. The molecule has 0 spiro atoms. The quantitative estimate of drug-likeness (QED) is 0.750. The summed E-state index contributed by atoms with van der Waals surface area (Å²) in [5.74, 6) is -0.431. The third kappa shape index (κ3) is 4.15. The second-order valence-corrected chi connectivity index (χ2v) is 5.24. The maximum atomic E-state index is 12.6. The predicted octanol–water partition coefficient (Wildman–Crippen LogP) is 3.88. The summed E-state index contributed by atoms with van der Waals surface area (Å²) in [6.45, 7) is 4.50. The number of aryl methyl sites for hydroxylation is 2. The fraction of sp³-hybridized carbons (Fsp3) is 0.412. The van der Waals surface area contributed by atoms with Crippen molar-refractivity contribution in [2.24, 2.45) is 0 Å². The second kappa shape index (κ2) is 7.51. The third-order valence-corrected chi connectivity index (χ3v) is 3.68. The molecule has 1 heterocycles. The zero-order valence-corrected chi connectivity index (χ0v) is 13.6. The highest BCUT2D eigenvalue weighted by molar-refractivity contribution is 5.90. The minimum Gasteiger partial charge on any atom is -0.462 e. The van der Waals surface area contributed by atoms with Crippen LogP contribution in [0.5, 0.6) is 0 Å². The van der Waals surface area contributed by atoms with E-state index in [-0.39, 0.29) is 6.61 Å². The van der Waals surface area contributed by atoms with Crippen LogP contribution in [0.15, 0.2) is 30.5 Å². The normalized spacial score (nSPS) is 11.5. The van der Waals surface area contributed by atoms with Crippen molar-refractivity contribution in [1.29, 1.82) is 0 Å². The van der Waals surface area contributed by atoms with Crippen molar-refractivity contribution < 1.29 is 22.7 Å². The van der Waals surface area contributed by atoms with Gasteiger partial charge < -0.3 is 4.74 Å². The molecule has 1 aromatic carbocycles. The molecule has 0 saturated heterocycles. The molecule has 0 unspecified atom stereocenters. The van der Waals surface area contributed by atoms with E-state index in [4.69, 9.17) is 4.74 Å².